The second-order valence-corrected chi connectivity index (χ2v) is 10.9. The summed E-state index contributed by atoms with van der Waals surface area (Å²) in [5, 5.41) is 10.7. The fourth-order valence-electron chi connectivity index (χ4n) is 6.33. The van der Waals surface area contributed by atoms with Crippen molar-refractivity contribution in [3.05, 3.63) is 48.0 Å². The molecule has 1 fully saturated rings. The fourth-order valence-corrected chi connectivity index (χ4v) is 6.33. The Balaban J connectivity index is 1.69. The first-order chi connectivity index (χ1) is 20.8. The lowest BCUT2D eigenvalue weighted by atomic mass is 9.76. The van der Waals surface area contributed by atoms with E-state index >= 15 is 0 Å². The van der Waals surface area contributed by atoms with Crippen LogP contribution in [0.3, 0.4) is 0 Å². The summed E-state index contributed by atoms with van der Waals surface area (Å²) in [4.78, 5) is 29.4. The van der Waals surface area contributed by atoms with E-state index in [1.807, 2.05) is 0 Å². The van der Waals surface area contributed by atoms with E-state index in [4.69, 9.17) is 28.4 Å². The first kappa shape index (κ1) is 31.8. The zero-order valence-corrected chi connectivity index (χ0v) is 25.7. The minimum Gasteiger partial charge on any atom is -0.493 e. The normalized spacial score (nSPS) is 20.6. The third-order valence-electron chi connectivity index (χ3n) is 8.57. The van der Waals surface area contributed by atoms with Gasteiger partial charge in [0.25, 0.3) is 0 Å². The van der Waals surface area contributed by atoms with Crippen molar-refractivity contribution in [3.63, 3.8) is 0 Å². The summed E-state index contributed by atoms with van der Waals surface area (Å²) >= 11 is 0. The number of likely N-dealkylation sites (tertiary alicyclic amines) is 1. The van der Waals surface area contributed by atoms with Crippen molar-refractivity contribution in [3.8, 4) is 34.5 Å². The third kappa shape index (κ3) is 6.63. The highest BCUT2D eigenvalue weighted by atomic mass is 16.5. The lowest BCUT2D eigenvalue weighted by Gasteiger charge is -2.46. The summed E-state index contributed by atoms with van der Waals surface area (Å²) in [5.41, 5.74) is -0.717. The smallest absolute Gasteiger partial charge is 0.329 e. The third-order valence-corrected chi connectivity index (χ3v) is 8.57. The topological polar surface area (TPSA) is 113 Å². The first-order valence-electron chi connectivity index (χ1n) is 14.7. The highest BCUT2D eigenvalue weighted by molar-refractivity contribution is 5.91. The maximum absolute atomic E-state index is 14.7. The molecule has 0 bridgehead atoms. The molecule has 1 heterocycles. The number of aliphatic carboxylic acids is 1. The van der Waals surface area contributed by atoms with E-state index in [1.54, 1.807) is 49.5 Å². The van der Waals surface area contributed by atoms with Crippen LogP contribution in [-0.4, -0.2) is 76.1 Å². The number of carbonyl (C=O) groups excluding carboxylic acids is 1. The summed E-state index contributed by atoms with van der Waals surface area (Å²) in [6.07, 6.45) is 8.77. The highest BCUT2D eigenvalue weighted by Gasteiger charge is 2.50. The Kier molecular flexibility index (Phi) is 10.7. The number of hydrogen-bond acceptors (Lipinski definition) is 8. The molecule has 1 aliphatic heterocycles. The van der Waals surface area contributed by atoms with Crippen LogP contribution < -0.4 is 28.4 Å². The van der Waals surface area contributed by atoms with E-state index in [-0.39, 0.29) is 24.9 Å². The van der Waals surface area contributed by atoms with Gasteiger partial charge in [-0.25, -0.2) is 4.79 Å². The summed E-state index contributed by atoms with van der Waals surface area (Å²) in [7, 11) is 7.70. The zero-order chi connectivity index (χ0) is 31.0. The number of carboxylic acid groups (broad SMARTS) is 1. The molecular formula is C33H43NO9. The molecule has 43 heavy (non-hydrogen) atoms. The molecule has 4 rings (SSSR count). The molecule has 3 atom stereocenters. The molecule has 1 aliphatic carbocycles. The summed E-state index contributed by atoms with van der Waals surface area (Å²) in [6, 6.07) is 8.79. The maximum atomic E-state index is 14.7. The fraction of sp³-hybridized carbons (Fsp3) is 0.515. The molecule has 2 aromatic rings. The van der Waals surface area contributed by atoms with Gasteiger partial charge in [0.2, 0.25) is 11.7 Å². The van der Waals surface area contributed by atoms with E-state index in [0.29, 0.717) is 59.4 Å². The molecule has 1 saturated heterocycles. The Morgan fingerprint density at radius 1 is 0.907 bits per heavy atom. The second-order valence-electron chi connectivity index (χ2n) is 10.9. The largest absolute Gasteiger partial charge is 0.493 e. The minimum atomic E-state index is -1.41. The second kappa shape index (κ2) is 14.4. The molecule has 2 unspecified atom stereocenters. The Morgan fingerprint density at radius 3 is 2.19 bits per heavy atom. The van der Waals surface area contributed by atoms with Gasteiger partial charge in [-0.3, -0.25) is 4.79 Å². The van der Waals surface area contributed by atoms with Gasteiger partial charge in [0.15, 0.2) is 23.0 Å². The van der Waals surface area contributed by atoms with Gasteiger partial charge in [-0.15, -0.1) is 0 Å². The number of carbonyl (C=O) groups is 2. The average Bonchev–Trinajstić information content (AvgIpc) is 3.04. The van der Waals surface area contributed by atoms with Gasteiger partial charge in [0.05, 0.1) is 48.1 Å². The number of piperidine rings is 1. The standard InChI is InChI=1S/C33H43NO9/c1-38-25-14-13-24(21-26(25)39-2)43-18-16-33(32(36)37)15-9-10-17-34(33)31(35)29(22-11-7-6-8-12-22)23-19-27(40-3)30(42-5)28(20-23)41-4/h7,11,13-14,19-22,29H,6,8-10,12,15-18H2,1-5H3,(H,36,37)/t22-,29?,33?/m0/s1. The number of methoxy groups -OCH3 is 5. The average molecular weight is 598 g/mol. The van der Waals surface area contributed by atoms with Crippen molar-refractivity contribution in [1.82, 2.24) is 4.90 Å². The Hall–Kier alpha value is -4.08. The number of hydrogen-bond donors (Lipinski definition) is 1. The number of ether oxygens (including phenoxy) is 6. The predicted molar refractivity (Wildman–Crippen MR) is 161 cm³/mol. The maximum Gasteiger partial charge on any atom is 0.329 e. The summed E-state index contributed by atoms with van der Waals surface area (Å²) in [5.74, 6) is 0.931. The van der Waals surface area contributed by atoms with Crippen molar-refractivity contribution in [2.45, 2.75) is 56.4 Å². The van der Waals surface area contributed by atoms with Crippen LogP contribution in [0.5, 0.6) is 34.5 Å². The molecule has 234 valence electrons. The molecule has 2 aromatic carbocycles. The molecule has 0 aromatic heterocycles. The van der Waals surface area contributed by atoms with Gasteiger partial charge in [-0.05, 0) is 74.3 Å². The van der Waals surface area contributed by atoms with Crippen molar-refractivity contribution >= 4 is 11.9 Å². The van der Waals surface area contributed by atoms with Gasteiger partial charge >= 0.3 is 5.97 Å². The molecular weight excluding hydrogens is 554 g/mol. The Morgan fingerprint density at radius 2 is 1.60 bits per heavy atom. The van der Waals surface area contributed by atoms with Crippen molar-refractivity contribution in [1.29, 1.82) is 0 Å². The van der Waals surface area contributed by atoms with Gasteiger partial charge in [0, 0.05) is 19.0 Å². The van der Waals surface area contributed by atoms with Crippen LogP contribution in [0.15, 0.2) is 42.5 Å². The lowest BCUT2D eigenvalue weighted by molar-refractivity contribution is -0.165. The number of amides is 1. The van der Waals surface area contributed by atoms with Gasteiger partial charge < -0.3 is 38.4 Å². The molecule has 0 spiro atoms. The van der Waals surface area contributed by atoms with Crippen LogP contribution in [0, 0.1) is 5.92 Å². The Bertz CT molecular complexity index is 1280. The molecule has 2 aliphatic rings. The molecule has 1 amide bonds. The molecule has 10 heteroatoms. The summed E-state index contributed by atoms with van der Waals surface area (Å²) in [6.45, 7) is 0.447. The summed E-state index contributed by atoms with van der Waals surface area (Å²) < 4.78 is 33.4. The molecule has 1 N–H and O–H groups in total. The first-order valence-corrected chi connectivity index (χ1v) is 14.7. The van der Waals surface area contributed by atoms with Crippen LogP contribution in [0.1, 0.15) is 56.4 Å². The van der Waals surface area contributed by atoms with E-state index < -0.39 is 17.4 Å². The minimum absolute atomic E-state index is 0.101. The number of nitrogens with zero attached hydrogens (tertiary/aromatic N) is 1. The Labute approximate surface area is 253 Å². The predicted octanol–water partition coefficient (Wildman–Crippen LogP) is 5.47. The quantitative estimate of drug-likeness (QED) is 0.300. The number of carboxylic acids is 1. The van der Waals surface area contributed by atoms with E-state index in [9.17, 15) is 14.7 Å². The van der Waals surface area contributed by atoms with Crippen molar-refractivity contribution in [2.75, 3.05) is 48.7 Å². The molecule has 10 nitrogen and oxygen atoms in total. The lowest BCUT2D eigenvalue weighted by Crippen LogP contribution is -2.61. The van der Waals surface area contributed by atoms with E-state index in [0.717, 1.165) is 25.7 Å². The van der Waals surface area contributed by atoms with Gasteiger partial charge in [-0.1, -0.05) is 12.2 Å². The number of benzene rings is 2. The van der Waals surface area contributed by atoms with E-state index in [1.165, 1.54) is 21.3 Å². The van der Waals surface area contributed by atoms with Gasteiger partial charge in [0.1, 0.15) is 11.3 Å². The number of allylic oxidation sites excluding steroid dienone is 2. The van der Waals surface area contributed by atoms with Gasteiger partial charge in [-0.2, -0.15) is 0 Å². The number of rotatable bonds is 13. The van der Waals surface area contributed by atoms with Crippen molar-refractivity contribution in [2.24, 2.45) is 5.92 Å². The van der Waals surface area contributed by atoms with Crippen LogP contribution >= 0.6 is 0 Å². The van der Waals surface area contributed by atoms with Crippen LogP contribution in [0.25, 0.3) is 0 Å². The van der Waals surface area contributed by atoms with Crippen LogP contribution in [0.4, 0.5) is 0 Å². The highest BCUT2D eigenvalue weighted by Crippen LogP contribution is 2.45. The van der Waals surface area contributed by atoms with E-state index in [2.05, 4.69) is 12.2 Å². The molecule has 0 radical (unpaired) electrons. The zero-order valence-electron chi connectivity index (χ0n) is 25.7. The SMILES string of the molecule is COc1ccc(OCCC2(C(=O)O)CCCCN2C(=O)C(c2cc(OC)c(OC)c(OC)c2)[C@H]2C=CCCC2)cc1OC. The monoisotopic (exact) mass is 597 g/mol. The van der Waals surface area contributed by atoms with Crippen molar-refractivity contribution < 1.29 is 43.1 Å². The van der Waals surface area contributed by atoms with Crippen LogP contribution in [-0.2, 0) is 9.59 Å². The molecule has 0 saturated carbocycles. The van der Waals surface area contributed by atoms with Crippen LogP contribution in [0.2, 0.25) is 0 Å².